The third-order valence-corrected chi connectivity index (χ3v) is 4.01. The van der Waals surface area contributed by atoms with Crippen molar-refractivity contribution in [2.75, 3.05) is 0 Å². The molecule has 0 unspecified atom stereocenters. The average Bonchev–Trinajstić information content (AvgIpc) is 2.15. The number of hydrogen-bond donors (Lipinski definition) is 0. The van der Waals surface area contributed by atoms with Crippen molar-refractivity contribution in [1.82, 2.24) is 0 Å². The summed E-state index contributed by atoms with van der Waals surface area (Å²) < 4.78 is 23.1. The Labute approximate surface area is 101 Å². The minimum Gasteiger partial charge on any atom is -0.207 e. The molecule has 0 bridgehead atoms. The van der Waals surface area contributed by atoms with E-state index in [0.29, 0.717) is 10.9 Å². The third-order valence-electron chi connectivity index (χ3n) is 1.91. The lowest BCUT2D eigenvalue weighted by molar-refractivity contribution is 0.609. The van der Waals surface area contributed by atoms with E-state index in [4.69, 9.17) is 15.9 Å². The van der Waals surface area contributed by atoms with Gasteiger partial charge >= 0.3 is 0 Å². The van der Waals surface area contributed by atoms with Crippen LogP contribution in [0.15, 0.2) is 21.5 Å². The van der Waals surface area contributed by atoms with Gasteiger partial charge in [-0.3, -0.25) is 0 Å². The van der Waals surface area contributed by atoms with Gasteiger partial charge in [-0.25, -0.2) is 8.42 Å². The zero-order valence-electron chi connectivity index (χ0n) is 7.79. The zero-order chi connectivity index (χ0) is 11.6. The summed E-state index contributed by atoms with van der Waals surface area (Å²) >= 11 is 3.26. The fourth-order valence-electron chi connectivity index (χ4n) is 1.16. The van der Waals surface area contributed by atoms with Gasteiger partial charge in [-0.15, -0.1) is 0 Å². The lowest BCUT2D eigenvalue weighted by Gasteiger charge is -2.05. The number of nitriles is 1. The van der Waals surface area contributed by atoms with Crippen molar-refractivity contribution in [3.05, 3.63) is 27.7 Å². The first-order chi connectivity index (χ1) is 6.90. The smallest absolute Gasteiger partial charge is 0.207 e. The minimum absolute atomic E-state index is 0.0501. The molecule has 0 aliphatic carbocycles. The standard InChI is InChI=1S/C9H7BrClNO2S/c1-2-6-4-9(15(11,13)14)7(5-12)3-8(6)10/h3-4H,2H2,1H3. The number of benzene rings is 1. The molecule has 1 aromatic rings. The Balaban J connectivity index is 3.59. The van der Waals surface area contributed by atoms with Gasteiger partial charge in [-0.2, -0.15) is 5.26 Å². The van der Waals surface area contributed by atoms with E-state index in [-0.39, 0.29) is 10.5 Å². The molecule has 0 fully saturated rings. The molecule has 0 saturated carbocycles. The van der Waals surface area contributed by atoms with Crippen LogP contribution >= 0.6 is 26.6 Å². The molecule has 15 heavy (non-hydrogen) atoms. The SMILES string of the molecule is CCc1cc(S(=O)(=O)Cl)c(C#N)cc1Br. The van der Waals surface area contributed by atoms with Crippen LogP contribution in [0, 0.1) is 11.3 Å². The first-order valence-corrected chi connectivity index (χ1v) is 7.17. The quantitative estimate of drug-likeness (QED) is 0.789. The topological polar surface area (TPSA) is 57.9 Å². The van der Waals surface area contributed by atoms with Crippen molar-refractivity contribution in [1.29, 1.82) is 5.26 Å². The fourth-order valence-corrected chi connectivity index (χ4v) is 2.81. The van der Waals surface area contributed by atoms with Gasteiger partial charge in [0.2, 0.25) is 0 Å². The lowest BCUT2D eigenvalue weighted by atomic mass is 10.1. The molecule has 0 N–H and O–H groups in total. The second kappa shape index (κ2) is 4.52. The van der Waals surface area contributed by atoms with Gasteiger partial charge in [0.1, 0.15) is 11.0 Å². The molecule has 0 saturated heterocycles. The Morgan fingerprint density at radius 1 is 1.53 bits per heavy atom. The third kappa shape index (κ3) is 2.71. The maximum absolute atomic E-state index is 11.2. The Morgan fingerprint density at radius 2 is 2.13 bits per heavy atom. The number of aryl methyl sites for hydroxylation is 1. The summed E-state index contributed by atoms with van der Waals surface area (Å²) in [7, 11) is 1.36. The summed E-state index contributed by atoms with van der Waals surface area (Å²) in [6.45, 7) is 1.89. The van der Waals surface area contributed by atoms with Crippen molar-refractivity contribution >= 4 is 35.7 Å². The molecule has 0 spiro atoms. The van der Waals surface area contributed by atoms with Gasteiger partial charge in [-0.1, -0.05) is 22.9 Å². The molecular formula is C9H7BrClNO2S. The molecule has 80 valence electrons. The summed E-state index contributed by atoms with van der Waals surface area (Å²) in [4.78, 5) is -0.133. The highest BCUT2D eigenvalue weighted by Crippen LogP contribution is 2.27. The van der Waals surface area contributed by atoms with E-state index in [1.54, 1.807) is 6.07 Å². The van der Waals surface area contributed by atoms with Crippen LogP contribution in [0.1, 0.15) is 18.1 Å². The molecule has 0 aromatic heterocycles. The van der Waals surface area contributed by atoms with E-state index in [2.05, 4.69) is 15.9 Å². The van der Waals surface area contributed by atoms with Gasteiger partial charge in [-0.05, 0) is 24.1 Å². The average molecular weight is 309 g/mol. The van der Waals surface area contributed by atoms with E-state index in [0.717, 1.165) is 5.56 Å². The molecule has 0 amide bonds. The van der Waals surface area contributed by atoms with Crippen LogP contribution in [0.25, 0.3) is 0 Å². The molecule has 1 rings (SSSR count). The summed E-state index contributed by atoms with van der Waals surface area (Å²) in [5.74, 6) is 0. The predicted octanol–water partition coefficient (Wildman–Crippen LogP) is 2.81. The largest absolute Gasteiger partial charge is 0.262 e. The monoisotopic (exact) mass is 307 g/mol. The molecule has 0 heterocycles. The number of nitrogens with zero attached hydrogens (tertiary/aromatic N) is 1. The lowest BCUT2D eigenvalue weighted by Crippen LogP contribution is -1.98. The van der Waals surface area contributed by atoms with Gasteiger partial charge in [0.15, 0.2) is 0 Å². The normalized spacial score (nSPS) is 11.1. The first-order valence-electron chi connectivity index (χ1n) is 4.07. The van der Waals surface area contributed by atoms with Gasteiger partial charge in [0.05, 0.1) is 5.56 Å². The molecule has 1 aromatic carbocycles. The van der Waals surface area contributed by atoms with Crippen molar-refractivity contribution in [3.63, 3.8) is 0 Å². The number of rotatable bonds is 2. The molecule has 0 aliphatic heterocycles. The van der Waals surface area contributed by atoms with E-state index < -0.39 is 9.05 Å². The predicted molar refractivity (Wildman–Crippen MR) is 61.3 cm³/mol. The molecule has 0 atom stereocenters. The second-order valence-electron chi connectivity index (χ2n) is 2.84. The van der Waals surface area contributed by atoms with Crippen LogP contribution < -0.4 is 0 Å². The highest BCUT2D eigenvalue weighted by Gasteiger charge is 2.17. The summed E-state index contributed by atoms with van der Waals surface area (Å²) in [6, 6.07) is 4.69. The molecule has 0 radical (unpaired) electrons. The van der Waals surface area contributed by atoms with Gasteiger partial charge < -0.3 is 0 Å². The van der Waals surface area contributed by atoms with Gasteiger partial charge in [0, 0.05) is 15.2 Å². The number of hydrogen-bond acceptors (Lipinski definition) is 3. The summed E-state index contributed by atoms with van der Waals surface area (Å²) in [5, 5.41) is 8.78. The summed E-state index contributed by atoms with van der Waals surface area (Å²) in [6.07, 6.45) is 0.658. The molecule has 0 aliphatic rings. The van der Waals surface area contributed by atoms with E-state index in [1.807, 2.05) is 6.92 Å². The fraction of sp³-hybridized carbons (Fsp3) is 0.222. The zero-order valence-corrected chi connectivity index (χ0v) is 10.9. The summed E-state index contributed by atoms with van der Waals surface area (Å²) in [5.41, 5.74) is 0.849. The van der Waals surface area contributed by atoms with Crippen LogP contribution in [0.4, 0.5) is 0 Å². The Hall–Kier alpha value is -0.570. The molecule has 3 nitrogen and oxygen atoms in total. The highest BCUT2D eigenvalue weighted by molar-refractivity contribution is 9.10. The van der Waals surface area contributed by atoms with E-state index in [9.17, 15) is 8.42 Å². The van der Waals surface area contributed by atoms with Crippen molar-refractivity contribution < 1.29 is 8.42 Å². The van der Waals surface area contributed by atoms with Crippen LogP contribution in [-0.2, 0) is 15.5 Å². The van der Waals surface area contributed by atoms with Crippen LogP contribution in [0.5, 0.6) is 0 Å². The Morgan fingerprint density at radius 3 is 2.53 bits per heavy atom. The van der Waals surface area contributed by atoms with Gasteiger partial charge in [0.25, 0.3) is 9.05 Å². The first kappa shape index (κ1) is 12.5. The highest BCUT2D eigenvalue weighted by atomic mass is 79.9. The maximum atomic E-state index is 11.2. The van der Waals surface area contributed by atoms with Crippen LogP contribution in [0.2, 0.25) is 0 Å². The minimum atomic E-state index is -3.87. The van der Waals surface area contributed by atoms with Crippen LogP contribution in [-0.4, -0.2) is 8.42 Å². The van der Waals surface area contributed by atoms with Crippen molar-refractivity contribution in [3.8, 4) is 6.07 Å². The number of halogens is 2. The van der Waals surface area contributed by atoms with Crippen molar-refractivity contribution in [2.45, 2.75) is 18.2 Å². The second-order valence-corrected chi connectivity index (χ2v) is 6.23. The van der Waals surface area contributed by atoms with E-state index >= 15 is 0 Å². The van der Waals surface area contributed by atoms with E-state index in [1.165, 1.54) is 12.1 Å². The Kier molecular flexibility index (Phi) is 3.77. The Bertz CT molecular complexity index is 534. The van der Waals surface area contributed by atoms with Crippen molar-refractivity contribution in [2.24, 2.45) is 0 Å². The molecular weight excluding hydrogens is 302 g/mol. The maximum Gasteiger partial charge on any atom is 0.262 e. The van der Waals surface area contributed by atoms with Crippen LogP contribution in [0.3, 0.4) is 0 Å². The molecule has 6 heteroatoms.